The van der Waals surface area contributed by atoms with Gasteiger partial charge in [0.2, 0.25) is 17.6 Å². The lowest BCUT2D eigenvalue weighted by Crippen LogP contribution is -2.44. The highest BCUT2D eigenvalue weighted by atomic mass is 16.5. The Labute approximate surface area is 217 Å². The number of nitrogens with one attached hydrogen (secondary N) is 1. The number of hydrogen-bond donors (Lipinski definition) is 2. The van der Waals surface area contributed by atoms with E-state index in [0.29, 0.717) is 37.0 Å². The molecule has 1 saturated heterocycles. The second kappa shape index (κ2) is 10.6. The normalized spacial score (nSPS) is 26.8. The first-order valence-corrected chi connectivity index (χ1v) is 13.3. The Kier molecular flexibility index (Phi) is 7.24. The molecule has 5 rings (SSSR count). The molecule has 2 N–H and O–H groups in total. The van der Waals surface area contributed by atoms with Gasteiger partial charge >= 0.3 is 0 Å². The van der Waals surface area contributed by atoms with Crippen molar-refractivity contribution in [1.82, 2.24) is 19.9 Å². The van der Waals surface area contributed by atoms with Crippen molar-refractivity contribution >= 4 is 17.3 Å². The van der Waals surface area contributed by atoms with Gasteiger partial charge in [-0.05, 0) is 77.6 Å². The van der Waals surface area contributed by atoms with Gasteiger partial charge in [0.25, 0.3) is 0 Å². The topological polar surface area (TPSA) is 122 Å². The highest BCUT2D eigenvalue weighted by Crippen LogP contribution is 2.46. The van der Waals surface area contributed by atoms with E-state index in [9.17, 15) is 9.90 Å². The first kappa shape index (κ1) is 25.3. The second-order valence-electron chi connectivity index (χ2n) is 10.4. The average molecular weight is 506 g/mol. The molecule has 2 aliphatic carbocycles. The number of hydrogen-bond acceptors (Lipinski definition) is 9. The average Bonchev–Trinajstić information content (AvgIpc) is 3.33. The molecule has 2 aromatic rings. The fraction of sp³-hybridized carbons (Fsp3) is 0.536. The van der Waals surface area contributed by atoms with Gasteiger partial charge in [0.05, 0.1) is 23.4 Å². The van der Waals surface area contributed by atoms with Crippen molar-refractivity contribution in [3.8, 4) is 17.5 Å². The van der Waals surface area contributed by atoms with Gasteiger partial charge in [0.15, 0.2) is 5.76 Å². The Morgan fingerprint density at radius 3 is 2.73 bits per heavy atom. The summed E-state index contributed by atoms with van der Waals surface area (Å²) >= 11 is 0. The summed E-state index contributed by atoms with van der Waals surface area (Å²) in [4.78, 5) is 28.3. The summed E-state index contributed by atoms with van der Waals surface area (Å²) in [5.74, 6) is 0.943. The Bertz CT molecular complexity index is 1200. The van der Waals surface area contributed by atoms with Gasteiger partial charge in [0.1, 0.15) is 17.6 Å². The number of aliphatic hydroxyl groups excluding tert-OH is 1. The van der Waals surface area contributed by atoms with Crippen molar-refractivity contribution in [2.75, 3.05) is 13.6 Å². The fourth-order valence-corrected chi connectivity index (χ4v) is 6.05. The van der Waals surface area contributed by atoms with E-state index in [1.54, 1.807) is 30.6 Å². The van der Waals surface area contributed by atoms with Crippen LogP contribution in [0.1, 0.15) is 70.5 Å². The van der Waals surface area contributed by atoms with E-state index in [0.717, 1.165) is 38.6 Å². The first-order valence-electron chi connectivity index (χ1n) is 13.3. The van der Waals surface area contributed by atoms with Crippen molar-refractivity contribution in [3.05, 3.63) is 42.0 Å². The number of carbonyl (C=O) groups excluding carboxylic acids is 1. The quantitative estimate of drug-likeness (QED) is 0.518. The van der Waals surface area contributed by atoms with Crippen LogP contribution in [0.4, 0.5) is 0 Å². The van der Waals surface area contributed by atoms with Crippen LogP contribution in [0.15, 0.2) is 36.2 Å². The Morgan fingerprint density at radius 1 is 1.19 bits per heavy atom. The summed E-state index contributed by atoms with van der Waals surface area (Å²) < 4.78 is 12.2. The zero-order chi connectivity index (χ0) is 26.0. The summed E-state index contributed by atoms with van der Waals surface area (Å²) in [5.41, 5.74) is -0.147. The predicted molar refractivity (Wildman–Crippen MR) is 139 cm³/mol. The van der Waals surface area contributed by atoms with Gasteiger partial charge in [-0.1, -0.05) is 6.42 Å². The predicted octanol–water partition coefficient (Wildman–Crippen LogP) is 5.13. The number of Topliss-reactive ketones (excluding diaryl/α,β-unsaturated/α-hetero) is 1. The molecule has 2 aromatic heterocycles. The first-order chi connectivity index (χ1) is 17.9. The number of rotatable bonds is 6. The lowest BCUT2D eigenvalue weighted by molar-refractivity contribution is -0.128. The molecule has 3 aliphatic rings. The molecule has 0 bridgehead atoms. The minimum atomic E-state index is -0.801. The third-order valence-corrected chi connectivity index (χ3v) is 8.06. The maximum absolute atomic E-state index is 12.9. The Balaban J connectivity index is 1.50. The van der Waals surface area contributed by atoms with E-state index in [2.05, 4.69) is 26.9 Å². The zero-order valence-electron chi connectivity index (χ0n) is 21.6. The molecule has 0 radical (unpaired) electrons. The van der Waals surface area contributed by atoms with Crippen LogP contribution in [0.25, 0.3) is 5.76 Å². The van der Waals surface area contributed by atoms with E-state index in [1.807, 2.05) is 6.92 Å². The molecule has 0 amide bonds. The number of carbonyl (C=O) groups is 1. The number of likely N-dealkylation sites (tertiary alicyclic amines) is 1. The number of aromatic nitrogens is 3. The number of aliphatic hydroxyl groups is 1. The molecule has 1 aliphatic heterocycles. The van der Waals surface area contributed by atoms with E-state index in [1.165, 1.54) is 0 Å². The van der Waals surface area contributed by atoms with Crippen LogP contribution in [0, 0.1) is 10.8 Å². The van der Waals surface area contributed by atoms with Crippen LogP contribution in [0.3, 0.4) is 0 Å². The Morgan fingerprint density at radius 2 is 2.00 bits per heavy atom. The minimum Gasteiger partial charge on any atom is -0.504 e. The van der Waals surface area contributed by atoms with Crippen molar-refractivity contribution in [1.29, 1.82) is 5.41 Å². The van der Waals surface area contributed by atoms with Crippen LogP contribution >= 0.6 is 0 Å². The van der Waals surface area contributed by atoms with Gasteiger partial charge < -0.3 is 20.0 Å². The maximum atomic E-state index is 12.9. The van der Waals surface area contributed by atoms with E-state index < -0.39 is 5.41 Å². The molecule has 3 fully saturated rings. The van der Waals surface area contributed by atoms with Crippen LogP contribution < -0.4 is 9.47 Å². The van der Waals surface area contributed by atoms with Gasteiger partial charge in [0, 0.05) is 24.2 Å². The molecule has 0 unspecified atom stereocenters. The molecular formula is C28H35N5O4. The SMILES string of the molecule is C[C@H](Oc1cc(Oc2cccnc2)nc(/C(O)=C2\CCC[C@@]3(CCCCC3=O)C2=N)n1)[C@@H]1CCCN1C. The summed E-state index contributed by atoms with van der Waals surface area (Å²) in [6.45, 7) is 3.04. The minimum absolute atomic E-state index is 0.0309. The molecule has 1 spiro atoms. The molecule has 196 valence electrons. The van der Waals surface area contributed by atoms with E-state index in [-0.39, 0.29) is 47.0 Å². The highest BCUT2D eigenvalue weighted by Gasteiger charge is 2.47. The summed E-state index contributed by atoms with van der Waals surface area (Å²) in [6, 6.07) is 5.39. The smallest absolute Gasteiger partial charge is 0.226 e. The third-order valence-electron chi connectivity index (χ3n) is 8.06. The number of ether oxygens (including phenoxy) is 2. The molecular weight excluding hydrogens is 470 g/mol. The maximum Gasteiger partial charge on any atom is 0.226 e. The number of nitrogens with zero attached hydrogens (tertiary/aromatic N) is 4. The lowest BCUT2D eigenvalue weighted by Gasteiger charge is -2.40. The van der Waals surface area contributed by atoms with Crippen LogP contribution in [0.2, 0.25) is 0 Å². The van der Waals surface area contributed by atoms with Gasteiger partial charge in [-0.15, -0.1) is 0 Å². The van der Waals surface area contributed by atoms with Crippen molar-refractivity contribution in [3.63, 3.8) is 0 Å². The lowest BCUT2D eigenvalue weighted by atomic mass is 9.62. The number of ketones is 1. The molecule has 9 heteroatoms. The molecule has 3 atom stereocenters. The van der Waals surface area contributed by atoms with Crippen LogP contribution in [-0.4, -0.2) is 62.2 Å². The third kappa shape index (κ3) is 5.09. The van der Waals surface area contributed by atoms with Gasteiger partial charge in [-0.3, -0.25) is 14.7 Å². The molecule has 3 heterocycles. The van der Waals surface area contributed by atoms with E-state index >= 15 is 0 Å². The van der Waals surface area contributed by atoms with Crippen molar-refractivity contribution < 1.29 is 19.4 Å². The van der Waals surface area contributed by atoms with Crippen LogP contribution in [0.5, 0.6) is 17.5 Å². The molecule has 2 saturated carbocycles. The fourth-order valence-electron chi connectivity index (χ4n) is 6.05. The van der Waals surface area contributed by atoms with Gasteiger partial charge in [-0.2, -0.15) is 9.97 Å². The van der Waals surface area contributed by atoms with E-state index in [4.69, 9.17) is 14.9 Å². The summed E-state index contributed by atoms with van der Waals surface area (Å²) in [5, 5.41) is 20.4. The van der Waals surface area contributed by atoms with Crippen molar-refractivity contribution in [2.45, 2.75) is 76.9 Å². The second-order valence-corrected chi connectivity index (χ2v) is 10.4. The van der Waals surface area contributed by atoms with Crippen LogP contribution in [-0.2, 0) is 4.79 Å². The largest absolute Gasteiger partial charge is 0.504 e. The molecule has 37 heavy (non-hydrogen) atoms. The van der Waals surface area contributed by atoms with Gasteiger partial charge in [-0.25, -0.2) is 0 Å². The Hall–Kier alpha value is -3.33. The number of allylic oxidation sites excluding steroid dienone is 1. The number of likely N-dealkylation sites (N-methyl/N-ethyl adjacent to an activating group) is 1. The highest BCUT2D eigenvalue weighted by molar-refractivity contribution is 6.18. The van der Waals surface area contributed by atoms with Crippen molar-refractivity contribution in [2.24, 2.45) is 5.41 Å². The number of pyridine rings is 1. The summed E-state index contributed by atoms with van der Waals surface area (Å²) in [7, 11) is 2.09. The molecule has 9 nitrogen and oxygen atoms in total. The zero-order valence-corrected chi connectivity index (χ0v) is 21.6. The monoisotopic (exact) mass is 505 g/mol. The standard InChI is InChI=1S/C28H35N5O4/c1-18(21-10-7-15-33(21)2)36-23-16-24(37-19-8-6-14-30-17-19)32-27(31-23)25(35)20-9-5-13-28(26(20)29)12-4-3-11-22(28)34/h6,8,14,16-18,21,29,35H,3-5,7,9-13,15H2,1-2H3/b25-20-,29-26?/t18-,21-,28+/m0/s1. The molecule has 0 aromatic carbocycles. The summed E-state index contributed by atoms with van der Waals surface area (Å²) in [6.07, 6.45) is 10.1.